The van der Waals surface area contributed by atoms with Gasteiger partial charge < -0.3 is 15.7 Å². The zero-order valence-corrected chi connectivity index (χ0v) is 10.4. The third-order valence-electron chi connectivity index (χ3n) is 2.35. The van der Waals surface area contributed by atoms with Gasteiger partial charge in [0.15, 0.2) is 0 Å². The Labute approximate surface area is 96.6 Å². The summed E-state index contributed by atoms with van der Waals surface area (Å²) >= 11 is 0. The van der Waals surface area contributed by atoms with E-state index in [2.05, 4.69) is 0 Å². The standard InChI is InChI=1S/C11H22N2O3/c1-7(2)13(8(3)4)11(16)9(12)5-6-10(14)15/h7-9H,5-6,12H2,1-4H3,(H,14,15)/t9-/m0/s1. The van der Waals surface area contributed by atoms with Crippen LogP contribution in [0.3, 0.4) is 0 Å². The minimum absolute atomic E-state index is 0.0725. The quantitative estimate of drug-likeness (QED) is 0.707. The molecule has 0 radical (unpaired) electrons. The first-order valence-electron chi connectivity index (χ1n) is 5.57. The number of carboxylic acid groups (broad SMARTS) is 1. The first kappa shape index (κ1) is 14.9. The van der Waals surface area contributed by atoms with Gasteiger partial charge in [0.2, 0.25) is 5.91 Å². The maximum absolute atomic E-state index is 11.9. The van der Waals surface area contributed by atoms with Gasteiger partial charge in [-0.1, -0.05) is 0 Å². The molecular weight excluding hydrogens is 208 g/mol. The molecule has 0 rings (SSSR count). The average Bonchev–Trinajstić information content (AvgIpc) is 2.12. The summed E-state index contributed by atoms with van der Waals surface area (Å²) in [6, 6.07) is -0.576. The van der Waals surface area contributed by atoms with Crippen LogP contribution < -0.4 is 5.73 Å². The van der Waals surface area contributed by atoms with Gasteiger partial charge in [0.25, 0.3) is 0 Å². The van der Waals surface area contributed by atoms with Crippen LogP contribution in [0.5, 0.6) is 0 Å². The molecule has 0 aromatic rings. The number of carboxylic acids is 1. The molecule has 94 valence electrons. The Morgan fingerprint density at radius 1 is 1.19 bits per heavy atom. The Hall–Kier alpha value is -1.10. The van der Waals surface area contributed by atoms with E-state index in [9.17, 15) is 9.59 Å². The van der Waals surface area contributed by atoms with Crippen LogP contribution in [-0.4, -0.2) is 40.0 Å². The topological polar surface area (TPSA) is 83.6 Å². The van der Waals surface area contributed by atoms with E-state index in [0.29, 0.717) is 0 Å². The first-order chi connectivity index (χ1) is 7.27. The molecule has 1 atom stereocenters. The zero-order valence-electron chi connectivity index (χ0n) is 10.4. The highest BCUT2D eigenvalue weighted by molar-refractivity contribution is 5.82. The monoisotopic (exact) mass is 230 g/mol. The van der Waals surface area contributed by atoms with Crippen molar-refractivity contribution in [1.82, 2.24) is 4.90 Å². The maximum Gasteiger partial charge on any atom is 0.303 e. The summed E-state index contributed by atoms with van der Waals surface area (Å²) in [6.07, 6.45) is 0.112. The Morgan fingerprint density at radius 2 is 1.62 bits per heavy atom. The summed E-state index contributed by atoms with van der Waals surface area (Å²) in [5.74, 6) is -1.10. The van der Waals surface area contributed by atoms with Crippen LogP contribution in [0.2, 0.25) is 0 Å². The van der Waals surface area contributed by atoms with Gasteiger partial charge in [-0.25, -0.2) is 0 Å². The number of carbonyl (C=O) groups is 2. The minimum atomic E-state index is -0.927. The summed E-state index contributed by atoms with van der Waals surface area (Å²) in [4.78, 5) is 24.0. The van der Waals surface area contributed by atoms with Crippen LogP contribution in [0.1, 0.15) is 40.5 Å². The van der Waals surface area contributed by atoms with E-state index in [4.69, 9.17) is 10.8 Å². The molecule has 0 aliphatic heterocycles. The molecule has 5 nitrogen and oxygen atoms in total. The third-order valence-corrected chi connectivity index (χ3v) is 2.35. The molecule has 5 heteroatoms. The van der Waals surface area contributed by atoms with Gasteiger partial charge in [-0.15, -0.1) is 0 Å². The highest BCUT2D eigenvalue weighted by atomic mass is 16.4. The van der Waals surface area contributed by atoms with E-state index in [-0.39, 0.29) is 30.8 Å². The van der Waals surface area contributed by atoms with Crippen molar-refractivity contribution < 1.29 is 14.7 Å². The van der Waals surface area contributed by atoms with E-state index >= 15 is 0 Å². The lowest BCUT2D eigenvalue weighted by Crippen LogP contribution is -2.50. The molecule has 1 amide bonds. The van der Waals surface area contributed by atoms with Gasteiger partial charge in [-0.3, -0.25) is 9.59 Å². The second-order valence-electron chi connectivity index (χ2n) is 4.47. The fourth-order valence-corrected chi connectivity index (χ4v) is 1.70. The zero-order chi connectivity index (χ0) is 12.9. The van der Waals surface area contributed by atoms with Crippen molar-refractivity contribution in [2.24, 2.45) is 5.73 Å². The lowest BCUT2D eigenvalue weighted by Gasteiger charge is -2.32. The van der Waals surface area contributed by atoms with Crippen molar-refractivity contribution in [3.05, 3.63) is 0 Å². The van der Waals surface area contributed by atoms with Gasteiger partial charge in [0, 0.05) is 18.5 Å². The van der Waals surface area contributed by atoms with Crippen LogP contribution >= 0.6 is 0 Å². The maximum atomic E-state index is 11.9. The van der Waals surface area contributed by atoms with Crippen molar-refractivity contribution in [2.75, 3.05) is 0 Å². The molecule has 0 aromatic heterocycles. The summed E-state index contributed by atoms with van der Waals surface area (Å²) in [5.41, 5.74) is 5.69. The predicted molar refractivity (Wildman–Crippen MR) is 62.0 cm³/mol. The lowest BCUT2D eigenvalue weighted by molar-refractivity contribution is -0.138. The molecule has 0 aliphatic carbocycles. The van der Waals surface area contributed by atoms with E-state index in [1.165, 1.54) is 0 Å². The third kappa shape index (κ3) is 4.61. The number of carbonyl (C=O) groups excluding carboxylic acids is 1. The van der Waals surface area contributed by atoms with Crippen molar-refractivity contribution in [3.63, 3.8) is 0 Å². The van der Waals surface area contributed by atoms with Crippen molar-refractivity contribution in [1.29, 1.82) is 0 Å². The molecule has 0 unspecified atom stereocenters. The van der Waals surface area contributed by atoms with Gasteiger partial charge in [-0.05, 0) is 34.1 Å². The minimum Gasteiger partial charge on any atom is -0.481 e. The van der Waals surface area contributed by atoms with E-state index in [1.54, 1.807) is 4.90 Å². The summed E-state index contributed by atoms with van der Waals surface area (Å²) in [6.45, 7) is 7.67. The molecule has 0 bridgehead atoms. The van der Waals surface area contributed by atoms with Gasteiger partial charge in [0.05, 0.1) is 6.04 Å². The molecule has 0 heterocycles. The predicted octanol–water partition coefficient (Wildman–Crippen LogP) is 0.824. The first-order valence-corrected chi connectivity index (χ1v) is 5.57. The molecule has 16 heavy (non-hydrogen) atoms. The van der Waals surface area contributed by atoms with Gasteiger partial charge in [0.1, 0.15) is 0 Å². The number of nitrogens with zero attached hydrogens (tertiary/aromatic N) is 1. The number of amides is 1. The van der Waals surface area contributed by atoms with Crippen molar-refractivity contribution >= 4 is 11.9 Å². The molecule has 0 aromatic carbocycles. The smallest absolute Gasteiger partial charge is 0.303 e. The normalized spacial score (nSPS) is 12.9. The fraction of sp³-hybridized carbons (Fsp3) is 0.818. The van der Waals surface area contributed by atoms with Crippen LogP contribution in [0.4, 0.5) is 0 Å². The number of nitrogens with two attached hydrogens (primary N) is 1. The number of aliphatic carboxylic acids is 1. The lowest BCUT2D eigenvalue weighted by atomic mass is 10.1. The molecule has 0 saturated carbocycles. The summed E-state index contributed by atoms with van der Waals surface area (Å²) in [7, 11) is 0. The molecule has 0 fully saturated rings. The number of hydrogen-bond acceptors (Lipinski definition) is 3. The van der Waals surface area contributed by atoms with Crippen LogP contribution in [0, 0.1) is 0 Å². The molecular formula is C11H22N2O3. The van der Waals surface area contributed by atoms with Crippen LogP contribution in [0.15, 0.2) is 0 Å². The summed E-state index contributed by atoms with van der Waals surface area (Å²) < 4.78 is 0. The number of hydrogen-bond donors (Lipinski definition) is 2. The number of rotatable bonds is 6. The Bertz CT molecular complexity index is 244. The fourth-order valence-electron chi connectivity index (χ4n) is 1.70. The molecule has 0 saturated heterocycles. The Kier molecular flexibility index (Phi) is 6.03. The van der Waals surface area contributed by atoms with Crippen molar-refractivity contribution in [2.45, 2.75) is 58.7 Å². The second kappa shape index (κ2) is 6.48. The van der Waals surface area contributed by atoms with Crippen molar-refractivity contribution in [3.8, 4) is 0 Å². The van der Waals surface area contributed by atoms with Gasteiger partial charge >= 0.3 is 5.97 Å². The SMILES string of the molecule is CC(C)N(C(=O)[C@@H](N)CCC(=O)O)C(C)C. The van der Waals surface area contributed by atoms with E-state index in [1.807, 2.05) is 27.7 Å². The average molecular weight is 230 g/mol. The highest BCUT2D eigenvalue weighted by Crippen LogP contribution is 2.09. The largest absolute Gasteiger partial charge is 0.481 e. The van der Waals surface area contributed by atoms with E-state index < -0.39 is 12.0 Å². The summed E-state index contributed by atoms with van der Waals surface area (Å²) in [5, 5.41) is 8.52. The van der Waals surface area contributed by atoms with Crippen LogP contribution in [-0.2, 0) is 9.59 Å². The Morgan fingerprint density at radius 3 is 1.94 bits per heavy atom. The Balaban J connectivity index is 4.43. The second-order valence-corrected chi connectivity index (χ2v) is 4.47. The van der Waals surface area contributed by atoms with Crippen LogP contribution in [0.25, 0.3) is 0 Å². The van der Waals surface area contributed by atoms with E-state index in [0.717, 1.165) is 0 Å². The molecule has 0 aliphatic rings. The van der Waals surface area contributed by atoms with Gasteiger partial charge in [-0.2, -0.15) is 0 Å². The highest BCUT2D eigenvalue weighted by Gasteiger charge is 2.25. The molecule has 3 N–H and O–H groups in total. The molecule has 0 spiro atoms.